The SMILES string of the molecule is BCOc1ccc(-c2ccc(-c3ccc(C4COC(CCC)OC4)cc3F)cc2)c(F)c1F. The van der Waals surface area contributed by atoms with Crippen molar-refractivity contribution in [3.05, 3.63) is 77.6 Å². The molecule has 3 aromatic carbocycles. The van der Waals surface area contributed by atoms with Crippen molar-refractivity contribution >= 4 is 7.85 Å². The van der Waals surface area contributed by atoms with Crippen molar-refractivity contribution in [2.24, 2.45) is 0 Å². The fourth-order valence-corrected chi connectivity index (χ4v) is 4.01. The summed E-state index contributed by atoms with van der Waals surface area (Å²) in [6, 6.07) is 14.7. The Morgan fingerprint density at radius 3 is 2.12 bits per heavy atom. The maximum Gasteiger partial charge on any atom is 0.201 e. The van der Waals surface area contributed by atoms with Gasteiger partial charge in [0.05, 0.1) is 19.7 Å². The van der Waals surface area contributed by atoms with Crippen LogP contribution in [0.1, 0.15) is 31.2 Å². The third kappa shape index (κ3) is 5.10. The van der Waals surface area contributed by atoms with E-state index in [0.717, 1.165) is 18.4 Å². The molecule has 3 nitrogen and oxygen atoms in total. The van der Waals surface area contributed by atoms with Crippen molar-refractivity contribution in [1.82, 2.24) is 0 Å². The van der Waals surface area contributed by atoms with Gasteiger partial charge < -0.3 is 14.2 Å². The molecule has 0 amide bonds. The molecule has 1 heterocycles. The summed E-state index contributed by atoms with van der Waals surface area (Å²) < 4.78 is 60.2. The summed E-state index contributed by atoms with van der Waals surface area (Å²) in [7, 11) is 1.70. The maximum absolute atomic E-state index is 14.9. The topological polar surface area (TPSA) is 27.7 Å². The Morgan fingerprint density at radius 2 is 1.52 bits per heavy atom. The van der Waals surface area contributed by atoms with Gasteiger partial charge in [0.15, 0.2) is 25.7 Å². The lowest BCUT2D eigenvalue weighted by Crippen LogP contribution is -2.30. The van der Waals surface area contributed by atoms with Crippen LogP contribution in [0.25, 0.3) is 22.3 Å². The lowest BCUT2D eigenvalue weighted by atomic mass is 9.95. The molecule has 0 spiro atoms. The van der Waals surface area contributed by atoms with E-state index in [-0.39, 0.29) is 35.8 Å². The molecule has 172 valence electrons. The molecule has 0 bridgehead atoms. The van der Waals surface area contributed by atoms with Gasteiger partial charge in [-0.05, 0) is 41.3 Å². The summed E-state index contributed by atoms with van der Waals surface area (Å²) in [6.07, 6.45) is 1.66. The minimum absolute atomic E-state index is 0.0124. The molecule has 1 aliphatic rings. The van der Waals surface area contributed by atoms with Gasteiger partial charge in [-0.15, -0.1) is 0 Å². The summed E-state index contributed by atoms with van der Waals surface area (Å²) in [5.41, 5.74) is 2.53. The molecule has 1 aliphatic heterocycles. The van der Waals surface area contributed by atoms with E-state index >= 15 is 0 Å². The number of hydrogen-bond acceptors (Lipinski definition) is 3. The molecule has 0 radical (unpaired) electrons. The first-order chi connectivity index (χ1) is 16.0. The predicted octanol–water partition coefficient (Wildman–Crippen LogP) is 5.66. The predicted molar refractivity (Wildman–Crippen MR) is 125 cm³/mol. The van der Waals surface area contributed by atoms with Crippen molar-refractivity contribution in [2.75, 3.05) is 19.7 Å². The molecule has 1 fully saturated rings. The van der Waals surface area contributed by atoms with E-state index in [0.29, 0.717) is 29.9 Å². The molecule has 4 rings (SSSR count). The van der Waals surface area contributed by atoms with E-state index < -0.39 is 11.6 Å². The van der Waals surface area contributed by atoms with Gasteiger partial charge in [0.1, 0.15) is 5.82 Å². The Labute approximate surface area is 192 Å². The molecular weight excluding hydrogens is 428 g/mol. The smallest absolute Gasteiger partial charge is 0.201 e. The molecule has 0 aliphatic carbocycles. The minimum Gasteiger partial charge on any atom is -0.500 e. The number of benzene rings is 3. The van der Waals surface area contributed by atoms with Gasteiger partial charge in [0.25, 0.3) is 0 Å². The number of halogens is 3. The molecule has 1 saturated heterocycles. The van der Waals surface area contributed by atoms with E-state index in [1.54, 1.807) is 38.2 Å². The van der Waals surface area contributed by atoms with Gasteiger partial charge in [-0.3, -0.25) is 0 Å². The van der Waals surface area contributed by atoms with Gasteiger partial charge in [0, 0.05) is 17.0 Å². The highest BCUT2D eigenvalue weighted by Gasteiger charge is 2.24. The first-order valence-electron chi connectivity index (χ1n) is 11.3. The second-order valence-electron chi connectivity index (χ2n) is 8.07. The van der Waals surface area contributed by atoms with Gasteiger partial charge in [-0.2, -0.15) is 4.39 Å². The van der Waals surface area contributed by atoms with Crippen LogP contribution in [0, 0.1) is 17.5 Å². The average molecular weight is 454 g/mol. The van der Waals surface area contributed by atoms with E-state index in [4.69, 9.17) is 14.2 Å². The molecule has 0 saturated carbocycles. The van der Waals surface area contributed by atoms with Crippen LogP contribution in [0.2, 0.25) is 0 Å². The lowest BCUT2D eigenvalue weighted by molar-refractivity contribution is -0.189. The van der Waals surface area contributed by atoms with Crippen LogP contribution in [-0.2, 0) is 9.47 Å². The van der Waals surface area contributed by atoms with Crippen LogP contribution < -0.4 is 4.74 Å². The van der Waals surface area contributed by atoms with E-state index in [1.807, 2.05) is 6.07 Å². The van der Waals surface area contributed by atoms with Crippen LogP contribution >= 0.6 is 0 Å². The van der Waals surface area contributed by atoms with Gasteiger partial charge in [0.2, 0.25) is 5.82 Å². The Morgan fingerprint density at radius 1 is 0.879 bits per heavy atom. The number of ether oxygens (including phenoxy) is 3. The van der Waals surface area contributed by atoms with E-state index in [2.05, 4.69) is 6.92 Å². The molecule has 0 aromatic heterocycles. The fraction of sp³-hybridized carbons (Fsp3) is 0.308. The zero-order valence-corrected chi connectivity index (χ0v) is 18.7. The second-order valence-corrected chi connectivity index (χ2v) is 8.07. The number of hydrogen-bond donors (Lipinski definition) is 0. The van der Waals surface area contributed by atoms with Gasteiger partial charge in [-0.1, -0.05) is 49.7 Å². The minimum atomic E-state index is -1.02. The molecular formula is C26H26BF3O3. The van der Waals surface area contributed by atoms with Crippen molar-refractivity contribution in [3.8, 4) is 28.0 Å². The average Bonchev–Trinajstić information content (AvgIpc) is 2.83. The van der Waals surface area contributed by atoms with Crippen LogP contribution in [0.4, 0.5) is 13.2 Å². The Balaban J connectivity index is 1.51. The monoisotopic (exact) mass is 454 g/mol. The van der Waals surface area contributed by atoms with Crippen LogP contribution in [0.5, 0.6) is 5.75 Å². The normalized spacial score (nSPS) is 18.3. The zero-order chi connectivity index (χ0) is 23.4. The highest BCUT2D eigenvalue weighted by atomic mass is 19.2. The highest BCUT2D eigenvalue weighted by molar-refractivity contribution is 6.08. The lowest BCUT2D eigenvalue weighted by Gasteiger charge is -2.29. The highest BCUT2D eigenvalue weighted by Crippen LogP contribution is 2.33. The van der Waals surface area contributed by atoms with Crippen LogP contribution in [-0.4, -0.2) is 33.9 Å². The van der Waals surface area contributed by atoms with Crippen molar-refractivity contribution < 1.29 is 27.4 Å². The number of rotatable bonds is 7. The molecule has 7 heteroatoms. The zero-order valence-electron chi connectivity index (χ0n) is 18.7. The molecule has 0 N–H and O–H groups in total. The van der Waals surface area contributed by atoms with Crippen LogP contribution in [0.3, 0.4) is 0 Å². The Kier molecular flexibility index (Phi) is 7.41. The van der Waals surface area contributed by atoms with E-state index in [9.17, 15) is 13.2 Å². The summed E-state index contributed by atoms with van der Waals surface area (Å²) in [4.78, 5) is 0. The fourth-order valence-electron chi connectivity index (χ4n) is 4.01. The molecule has 3 aromatic rings. The first-order valence-corrected chi connectivity index (χ1v) is 11.3. The first kappa shape index (κ1) is 23.4. The molecule has 0 unspecified atom stereocenters. The Bertz CT molecular complexity index is 1100. The molecule has 0 atom stereocenters. The van der Waals surface area contributed by atoms with Crippen molar-refractivity contribution in [1.29, 1.82) is 0 Å². The third-order valence-electron chi connectivity index (χ3n) is 5.81. The molecule has 33 heavy (non-hydrogen) atoms. The summed E-state index contributed by atoms with van der Waals surface area (Å²) >= 11 is 0. The summed E-state index contributed by atoms with van der Waals surface area (Å²) in [6.45, 7) is 3.33. The second kappa shape index (κ2) is 10.4. The summed E-state index contributed by atoms with van der Waals surface area (Å²) in [5.74, 6) is -2.47. The van der Waals surface area contributed by atoms with Crippen molar-refractivity contribution in [2.45, 2.75) is 32.0 Å². The summed E-state index contributed by atoms with van der Waals surface area (Å²) in [5, 5.41) is 0. The maximum atomic E-state index is 14.9. The quantitative estimate of drug-likeness (QED) is 0.431. The Hall–Kier alpha value is -2.77. The van der Waals surface area contributed by atoms with Crippen LogP contribution in [0.15, 0.2) is 54.6 Å². The third-order valence-corrected chi connectivity index (χ3v) is 5.81. The van der Waals surface area contributed by atoms with Gasteiger partial charge in [-0.25, -0.2) is 8.78 Å². The van der Waals surface area contributed by atoms with Crippen molar-refractivity contribution in [3.63, 3.8) is 0 Å². The van der Waals surface area contributed by atoms with Gasteiger partial charge >= 0.3 is 0 Å². The largest absolute Gasteiger partial charge is 0.500 e. The van der Waals surface area contributed by atoms with E-state index in [1.165, 1.54) is 18.2 Å². The standard InChI is InChI=1S/C26H26BF3O3/c1-2-3-24-31-13-19(14-32-24)18-8-9-20(22(28)12-18)16-4-6-17(7-5-16)21-10-11-23(33-15-27)26(30)25(21)29/h4-12,19,24H,2-3,13-15,27H2,1H3.